The van der Waals surface area contributed by atoms with Gasteiger partial charge in [0.05, 0.1) is 0 Å². The van der Waals surface area contributed by atoms with Gasteiger partial charge in [-0.25, -0.2) is 4.79 Å². The van der Waals surface area contributed by atoms with Crippen LogP contribution in [0, 0.1) is 0 Å². The second-order valence-corrected chi connectivity index (χ2v) is 4.57. The Morgan fingerprint density at radius 3 is 1.80 bits per heavy atom. The summed E-state index contributed by atoms with van der Waals surface area (Å²) in [6, 6.07) is 18.2. The minimum atomic E-state index is -1.45. The first-order chi connectivity index (χ1) is 9.71. The average Bonchev–Trinajstić information content (AvgIpc) is 2.50. The third-order valence-corrected chi connectivity index (χ3v) is 3.18. The van der Waals surface area contributed by atoms with Crippen LogP contribution in [0.5, 0.6) is 0 Å². The van der Waals surface area contributed by atoms with Gasteiger partial charge in [0.15, 0.2) is 0 Å². The molecule has 0 unspecified atom stereocenters. The predicted molar refractivity (Wildman–Crippen MR) is 77.5 cm³/mol. The van der Waals surface area contributed by atoms with Crippen LogP contribution < -0.4 is 0 Å². The van der Waals surface area contributed by atoms with Crippen LogP contribution >= 0.6 is 0 Å². The molecule has 0 saturated carbocycles. The Labute approximate surface area is 118 Å². The SMILES string of the molecule is CCCOC(C(=O)O)(c1ccccc1)c1ccccc1. The molecule has 0 heterocycles. The number of carboxylic acids is 1. The summed E-state index contributed by atoms with van der Waals surface area (Å²) >= 11 is 0. The van der Waals surface area contributed by atoms with Crippen LogP contribution in [0.15, 0.2) is 60.7 Å². The number of rotatable bonds is 6. The molecular weight excluding hydrogens is 252 g/mol. The van der Waals surface area contributed by atoms with Gasteiger partial charge in [-0.05, 0) is 17.5 Å². The van der Waals surface area contributed by atoms with Crippen LogP contribution in [0.2, 0.25) is 0 Å². The minimum Gasteiger partial charge on any atom is -0.479 e. The number of ether oxygens (including phenoxy) is 1. The zero-order valence-electron chi connectivity index (χ0n) is 11.5. The number of carboxylic acid groups (broad SMARTS) is 1. The molecule has 0 atom stereocenters. The lowest BCUT2D eigenvalue weighted by Gasteiger charge is -2.30. The predicted octanol–water partition coefficient (Wildman–Crippen LogP) is 3.44. The standard InChI is InChI=1S/C17H18O3/c1-2-13-20-17(16(18)19,14-9-5-3-6-10-14)15-11-7-4-8-12-15/h3-12H,2,13H2,1H3,(H,18,19). The van der Waals surface area contributed by atoms with E-state index in [1.54, 1.807) is 24.3 Å². The van der Waals surface area contributed by atoms with Gasteiger partial charge in [0, 0.05) is 6.61 Å². The monoisotopic (exact) mass is 270 g/mol. The van der Waals surface area contributed by atoms with E-state index in [2.05, 4.69) is 0 Å². The summed E-state index contributed by atoms with van der Waals surface area (Å²) in [6.07, 6.45) is 0.759. The first-order valence-corrected chi connectivity index (χ1v) is 6.70. The third kappa shape index (κ3) is 2.58. The van der Waals surface area contributed by atoms with Crippen molar-refractivity contribution >= 4 is 5.97 Å². The van der Waals surface area contributed by atoms with Crippen molar-refractivity contribution in [3.63, 3.8) is 0 Å². The van der Waals surface area contributed by atoms with Crippen LogP contribution in [0.25, 0.3) is 0 Å². The summed E-state index contributed by atoms with van der Waals surface area (Å²) in [4.78, 5) is 12.0. The van der Waals surface area contributed by atoms with Crippen molar-refractivity contribution in [2.45, 2.75) is 18.9 Å². The van der Waals surface area contributed by atoms with E-state index in [9.17, 15) is 9.90 Å². The summed E-state index contributed by atoms with van der Waals surface area (Å²) < 4.78 is 5.81. The lowest BCUT2D eigenvalue weighted by molar-refractivity contribution is -0.161. The molecule has 3 nitrogen and oxygen atoms in total. The van der Waals surface area contributed by atoms with Gasteiger partial charge in [0.25, 0.3) is 0 Å². The van der Waals surface area contributed by atoms with Crippen molar-refractivity contribution in [3.8, 4) is 0 Å². The van der Waals surface area contributed by atoms with Crippen molar-refractivity contribution in [2.24, 2.45) is 0 Å². The van der Waals surface area contributed by atoms with Crippen molar-refractivity contribution in [1.29, 1.82) is 0 Å². The molecular formula is C17H18O3. The van der Waals surface area contributed by atoms with Crippen LogP contribution in [0.1, 0.15) is 24.5 Å². The first kappa shape index (κ1) is 14.3. The Morgan fingerprint density at radius 2 is 1.45 bits per heavy atom. The summed E-state index contributed by atoms with van der Waals surface area (Å²) in [5.41, 5.74) is -0.183. The van der Waals surface area contributed by atoms with Crippen LogP contribution in [-0.2, 0) is 15.1 Å². The fourth-order valence-electron chi connectivity index (χ4n) is 2.24. The zero-order valence-corrected chi connectivity index (χ0v) is 11.5. The number of hydrogen-bond acceptors (Lipinski definition) is 2. The lowest BCUT2D eigenvalue weighted by Crippen LogP contribution is -2.40. The van der Waals surface area contributed by atoms with Gasteiger partial charge in [0.1, 0.15) is 0 Å². The summed E-state index contributed by atoms with van der Waals surface area (Å²) in [6.45, 7) is 2.35. The lowest BCUT2D eigenvalue weighted by atomic mass is 9.86. The summed E-state index contributed by atoms with van der Waals surface area (Å²) in [5, 5.41) is 9.83. The second kappa shape index (κ2) is 6.35. The molecule has 0 aliphatic carbocycles. The topological polar surface area (TPSA) is 46.5 Å². The number of benzene rings is 2. The minimum absolute atomic E-state index is 0.385. The molecule has 2 rings (SSSR count). The Kier molecular flexibility index (Phi) is 4.53. The fraction of sp³-hybridized carbons (Fsp3) is 0.235. The Morgan fingerprint density at radius 1 is 1.00 bits per heavy atom. The molecule has 0 spiro atoms. The average molecular weight is 270 g/mol. The van der Waals surface area contributed by atoms with Crippen molar-refractivity contribution < 1.29 is 14.6 Å². The number of aliphatic carboxylic acids is 1. The molecule has 2 aromatic carbocycles. The third-order valence-electron chi connectivity index (χ3n) is 3.18. The van der Waals surface area contributed by atoms with Gasteiger partial charge in [-0.2, -0.15) is 0 Å². The Balaban J connectivity index is 2.60. The highest BCUT2D eigenvalue weighted by Gasteiger charge is 2.43. The van der Waals surface area contributed by atoms with Gasteiger partial charge in [-0.15, -0.1) is 0 Å². The van der Waals surface area contributed by atoms with Gasteiger partial charge in [-0.3, -0.25) is 0 Å². The van der Waals surface area contributed by atoms with Crippen molar-refractivity contribution in [1.82, 2.24) is 0 Å². The maximum atomic E-state index is 12.0. The molecule has 0 aliphatic heterocycles. The van der Waals surface area contributed by atoms with E-state index in [4.69, 9.17) is 4.74 Å². The molecule has 0 saturated heterocycles. The molecule has 0 bridgehead atoms. The molecule has 0 aliphatic rings. The van der Waals surface area contributed by atoms with Crippen LogP contribution in [-0.4, -0.2) is 17.7 Å². The highest BCUT2D eigenvalue weighted by atomic mass is 16.5. The number of carbonyl (C=O) groups is 1. The van der Waals surface area contributed by atoms with Crippen molar-refractivity contribution in [2.75, 3.05) is 6.61 Å². The Hall–Kier alpha value is -2.13. The zero-order chi connectivity index (χ0) is 14.4. The molecule has 104 valence electrons. The van der Waals surface area contributed by atoms with Gasteiger partial charge < -0.3 is 9.84 Å². The van der Waals surface area contributed by atoms with E-state index in [1.165, 1.54) is 0 Å². The van der Waals surface area contributed by atoms with E-state index < -0.39 is 11.6 Å². The van der Waals surface area contributed by atoms with Gasteiger partial charge in [0.2, 0.25) is 5.60 Å². The van der Waals surface area contributed by atoms with Crippen LogP contribution in [0.4, 0.5) is 0 Å². The Bertz CT molecular complexity index is 509. The molecule has 0 radical (unpaired) electrons. The highest BCUT2D eigenvalue weighted by Crippen LogP contribution is 2.34. The van der Waals surface area contributed by atoms with E-state index in [1.807, 2.05) is 43.3 Å². The maximum absolute atomic E-state index is 12.0. The molecule has 20 heavy (non-hydrogen) atoms. The summed E-state index contributed by atoms with van der Waals surface area (Å²) in [5.74, 6) is -0.997. The number of hydrogen-bond donors (Lipinski definition) is 1. The maximum Gasteiger partial charge on any atom is 0.345 e. The van der Waals surface area contributed by atoms with E-state index >= 15 is 0 Å². The van der Waals surface area contributed by atoms with Crippen LogP contribution in [0.3, 0.4) is 0 Å². The summed E-state index contributed by atoms with van der Waals surface area (Å²) in [7, 11) is 0. The highest BCUT2D eigenvalue weighted by molar-refractivity contribution is 5.84. The molecule has 2 aromatic rings. The quantitative estimate of drug-likeness (QED) is 0.874. The van der Waals surface area contributed by atoms with Gasteiger partial charge >= 0.3 is 5.97 Å². The van der Waals surface area contributed by atoms with Gasteiger partial charge in [-0.1, -0.05) is 67.6 Å². The largest absolute Gasteiger partial charge is 0.479 e. The molecule has 0 fully saturated rings. The molecule has 0 amide bonds. The molecule has 3 heteroatoms. The van der Waals surface area contributed by atoms with E-state index in [-0.39, 0.29) is 0 Å². The second-order valence-electron chi connectivity index (χ2n) is 4.57. The van der Waals surface area contributed by atoms with E-state index in [0.717, 1.165) is 6.42 Å². The molecule has 0 aromatic heterocycles. The fourth-order valence-corrected chi connectivity index (χ4v) is 2.24. The smallest absolute Gasteiger partial charge is 0.345 e. The van der Waals surface area contributed by atoms with E-state index in [0.29, 0.717) is 17.7 Å². The van der Waals surface area contributed by atoms with Crippen molar-refractivity contribution in [3.05, 3.63) is 71.8 Å². The first-order valence-electron chi connectivity index (χ1n) is 6.70. The normalized spacial score (nSPS) is 11.2. The molecule has 1 N–H and O–H groups in total.